The van der Waals surface area contributed by atoms with Gasteiger partial charge in [0.1, 0.15) is 0 Å². The lowest BCUT2D eigenvalue weighted by atomic mass is 9.96. The van der Waals surface area contributed by atoms with Crippen molar-refractivity contribution in [3.05, 3.63) is 106 Å². The lowest BCUT2D eigenvalue weighted by molar-refractivity contribution is 0.797. The monoisotopic (exact) mass is 656 g/mol. The summed E-state index contributed by atoms with van der Waals surface area (Å²) in [6.07, 6.45) is 8.64. The van der Waals surface area contributed by atoms with E-state index in [9.17, 15) is 0 Å². The minimum atomic E-state index is 0.975. The van der Waals surface area contributed by atoms with Crippen LogP contribution in [0.2, 0.25) is 0 Å². The Morgan fingerprint density at radius 3 is 1.68 bits per heavy atom. The normalized spacial score (nSPS) is 12.8. The quantitative estimate of drug-likeness (QED) is 0.160. The summed E-state index contributed by atoms with van der Waals surface area (Å²) in [7, 11) is 0. The van der Waals surface area contributed by atoms with E-state index in [0.29, 0.717) is 0 Å². The van der Waals surface area contributed by atoms with Gasteiger partial charge in [-0.3, -0.25) is 0 Å². The van der Waals surface area contributed by atoms with Crippen LogP contribution >= 0.6 is 0 Å². The molecule has 8 bridgehead atoms. The second-order valence-corrected chi connectivity index (χ2v) is 14.3. The van der Waals surface area contributed by atoms with E-state index in [0.717, 1.165) is 79.7 Å². The summed E-state index contributed by atoms with van der Waals surface area (Å²) < 4.78 is 0. The molecule has 50 heavy (non-hydrogen) atoms. The number of hydrogen-bond donors (Lipinski definition) is 2. The third kappa shape index (κ3) is 5.46. The third-order valence-corrected chi connectivity index (χ3v) is 11.1. The molecule has 0 saturated carbocycles. The fourth-order valence-electron chi connectivity index (χ4n) is 8.29. The highest BCUT2D eigenvalue weighted by molar-refractivity contribution is 6.04. The summed E-state index contributed by atoms with van der Waals surface area (Å²) in [6.45, 7) is 13.6. The third-order valence-electron chi connectivity index (χ3n) is 11.1. The van der Waals surface area contributed by atoms with Gasteiger partial charge in [-0.25, -0.2) is 9.97 Å². The van der Waals surface area contributed by atoms with Gasteiger partial charge in [0, 0.05) is 33.2 Å². The highest BCUT2D eigenvalue weighted by Gasteiger charge is 2.22. The molecule has 3 aromatic heterocycles. The van der Waals surface area contributed by atoms with Crippen LogP contribution in [-0.4, -0.2) is 19.9 Å². The van der Waals surface area contributed by atoms with Crippen LogP contribution < -0.4 is 0 Å². The maximum Gasteiger partial charge on any atom is 0.0738 e. The fraction of sp³-hybridized carbons (Fsp3) is 0.304. The predicted octanol–water partition coefficient (Wildman–Crippen LogP) is 12.9. The molecule has 8 rings (SSSR count). The van der Waals surface area contributed by atoms with Gasteiger partial charge in [0.25, 0.3) is 0 Å². The van der Waals surface area contributed by atoms with E-state index in [1.807, 2.05) is 0 Å². The first kappa shape index (κ1) is 32.3. The van der Waals surface area contributed by atoms with Crippen LogP contribution in [0.15, 0.2) is 72.8 Å². The summed E-state index contributed by atoms with van der Waals surface area (Å²) in [5, 5.41) is 4.98. The van der Waals surface area contributed by atoms with E-state index >= 15 is 0 Å². The Labute approximate surface area is 295 Å². The van der Waals surface area contributed by atoms with E-state index in [2.05, 4.69) is 124 Å². The van der Waals surface area contributed by atoms with Crippen molar-refractivity contribution in [3.63, 3.8) is 0 Å². The zero-order valence-corrected chi connectivity index (χ0v) is 30.5. The molecule has 0 aliphatic carbocycles. The number of nitrogens with zero attached hydrogens (tertiary/aromatic N) is 2. The van der Waals surface area contributed by atoms with Gasteiger partial charge in [0.05, 0.1) is 22.8 Å². The van der Waals surface area contributed by atoms with E-state index in [4.69, 9.17) is 9.97 Å². The molecular formula is C46H48N4. The number of H-pyrrole nitrogens is 2. The zero-order valence-electron chi connectivity index (χ0n) is 30.5. The molecule has 4 nitrogen and oxygen atoms in total. The number of nitrogens with one attached hydrogen (secondary N) is 2. The first-order chi connectivity index (χ1) is 24.4. The second-order valence-electron chi connectivity index (χ2n) is 14.3. The Hall–Kier alpha value is -4.96. The minimum Gasteiger partial charge on any atom is -0.355 e. The Morgan fingerprint density at radius 1 is 0.500 bits per heavy atom. The van der Waals surface area contributed by atoms with Crippen molar-refractivity contribution in [1.82, 2.24) is 19.9 Å². The van der Waals surface area contributed by atoms with Crippen LogP contribution in [-0.2, 0) is 19.3 Å². The van der Waals surface area contributed by atoms with Crippen LogP contribution in [0.25, 0.3) is 77.3 Å². The summed E-state index contributed by atoms with van der Waals surface area (Å²) in [4.78, 5) is 18.6. The molecule has 0 fully saturated rings. The molecule has 0 amide bonds. The number of rotatable bonds is 8. The molecule has 3 aromatic carbocycles. The Kier molecular flexibility index (Phi) is 8.42. The average Bonchev–Trinajstić information content (AvgIpc) is 3.81. The molecule has 252 valence electrons. The molecule has 4 heteroatoms. The molecule has 6 aromatic rings. The number of aromatic amines is 2. The van der Waals surface area contributed by atoms with E-state index in [-0.39, 0.29) is 0 Å². The van der Waals surface area contributed by atoms with Crippen LogP contribution in [0.4, 0.5) is 0 Å². The maximum absolute atomic E-state index is 5.41. The lowest BCUT2D eigenvalue weighted by Crippen LogP contribution is -1.87. The summed E-state index contributed by atoms with van der Waals surface area (Å²) in [5.41, 5.74) is 19.3. The number of hydrogen-bond acceptors (Lipinski definition) is 2. The first-order valence-electron chi connectivity index (χ1n) is 18.8. The summed E-state index contributed by atoms with van der Waals surface area (Å²) >= 11 is 0. The fourth-order valence-corrected chi connectivity index (χ4v) is 8.29. The smallest absolute Gasteiger partial charge is 0.0738 e. The summed E-state index contributed by atoms with van der Waals surface area (Å²) in [6, 6.07) is 27.2. The van der Waals surface area contributed by atoms with Crippen molar-refractivity contribution in [2.75, 3.05) is 0 Å². The number of unbranched alkanes of at least 4 members (excludes halogenated alkanes) is 2. The predicted molar refractivity (Wildman–Crippen MR) is 215 cm³/mol. The maximum atomic E-state index is 5.41. The van der Waals surface area contributed by atoms with Gasteiger partial charge >= 0.3 is 0 Å². The van der Waals surface area contributed by atoms with Crippen LogP contribution in [0, 0.1) is 6.92 Å². The van der Waals surface area contributed by atoms with Crippen molar-refractivity contribution in [1.29, 1.82) is 0 Å². The Balaban J connectivity index is 1.50. The molecule has 0 radical (unpaired) electrons. The van der Waals surface area contributed by atoms with Gasteiger partial charge < -0.3 is 9.97 Å². The number of aryl methyl sites for hydroxylation is 4. The minimum absolute atomic E-state index is 0.975. The molecule has 2 N–H and O–H groups in total. The topological polar surface area (TPSA) is 57.4 Å². The van der Waals surface area contributed by atoms with Crippen molar-refractivity contribution < 1.29 is 0 Å². The largest absolute Gasteiger partial charge is 0.355 e. The number of aromatic nitrogens is 4. The average molecular weight is 657 g/mol. The summed E-state index contributed by atoms with van der Waals surface area (Å²) in [5.74, 6) is 0. The van der Waals surface area contributed by atoms with Gasteiger partial charge in [-0.05, 0) is 156 Å². The SMILES string of the molecule is CCCCC1=C(C)c2cc3nc(cc4[nH]c(cc5[nH]c(cc1n2)c(CC)c5CC)c(CCCC)c4C)-c1cc2cc4ccccc4cc2cc1-3. The lowest BCUT2D eigenvalue weighted by Gasteiger charge is -2.07. The standard InChI is InChI=1S/C46H48N4/c1-7-11-17-35-27(5)39-23-45-37-21-31-19-29-15-13-14-16-30(29)20-32(31)22-38(37)46(50-45)24-40-28(6)36(18-12-8-2)44(48-40)26-42-34(10-4)33(9-3)41(49-42)25-43(35)47-39/h13-16,19-26,47,49H,7-12,17-18H2,1-6H3. The highest BCUT2D eigenvalue weighted by atomic mass is 14.8. The molecule has 0 saturated heterocycles. The van der Waals surface area contributed by atoms with Crippen LogP contribution in [0.1, 0.15) is 100 Å². The van der Waals surface area contributed by atoms with Crippen molar-refractivity contribution in [3.8, 4) is 22.5 Å². The van der Waals surface area contributed by atoms with Crippen LogP contribution in [0.5, 0.6) is 0 Å². The number of benzene rings is 3. The molecule has 2 aliphatic rings. The molecule has 2 aliphatic heterocycles. The van der Waals surface area contributed by atoms with Gasteiger partial charge in [0.2, 0.25) is 0 Å². The first-order valence-corrected chi connectivity index (χ1v) is 18.8. The van der Waals surface area contributed by atoms with Gasteiger partial charge in [-0.2, -0.15) is 0 Å². The highest BCUT2D eigenvalue weighted by Crippen LogP contribution is 2.42. The molecular weight excluding hydrogens is 609 g/mol. The van der Waals surface area contributed by atoms with Crippen molar-refractivity contribution in [2.24, 2.45) is 0 Å². The molecule has 0 unspecified atom stereocenters. The Bertz CT molecular complexity index is 2500. The van der Waals surface area contributed by atoms with Crippen molar-refractivity contribution in [2.45, 2.75) is 92.9 Å². The number of fused-ring (bicyclic) bond motifs is 13. The van der Waals surface area contributed by atoms with Gasteiger partial charge in [0.15, 0.2) is 0 Å². The number of allylic oxidation sites excluding steroid dienone is 2. The second kappa shape index (κ2) is 13.1. The van der Waals surface area contributed by atoms with Crippen LogP contribution in [0.3, 0.4) is 0 Å². The zero-order chi connectivity index (χ0) is 34.5. The van der Waals surface area contributed by atoms with E-state index in [1.165, 1.54) is 82.6 Å². The van der Waals surface area contributed by atoms with E-state index in [1.54, 1.807) is 0 Å². The van der Waals surface area contributed by atoms with Crippen molar-refractivity contribution >= 4 is 54.8 Å². The van der Waals surface area contributed by atoms with Gasteiger partial charge in [-0.15, -0.1) is 0 Å². The Morgan fingerprint density at radius 2 is 1.04 bits per heavy atom. The van der Waals surface area contributed by atoms with Gasteiger partial charge in [-0.1, -0.05) is 64.8 Å². The molecule has 0 spiro atoms. The molecule has 5 heterocycles. The molecule has 0 atom stereocenters. The van der Waals surface area contributed by atoms with E-state index < -0.39 is 0 Å².